The van der Waals surface area contributed by atoms with Crippen LogP contribution in [0.5, 0.6) is 5.75 Å². The summed E-state index contributed by atoms with van der Waals surface area (Å²) in [7, 11) is 0. The SMILES string of the molecule is CCC[C@@H](C)NC(=O)[C@@H](CC)Oc1ccccc1. The average Bonchev–Trinajstić information content (AvgIpc) is 2.37. The number of carbonyl (C=O) groups excluding carboxylic acids is 1. The Morgan fingerprint density at radius 2 is 1.94 bits per heavy atom. The van der Waals surface area contributed by atoms with E-state index in [1.165, 1.54) is 0 Å². The van der Waals surface area contributed by atoms with Crippen molar-refractivity contribution in [1.82, 2.24) is 5.32 Å². The highest BCUT2D eigenvalue weighted by molar-refractivity contribution is 5.81. The molecule has 1 aromatic rings. The van der Waals surface area contributed by atoms with Gasteiger partial charge in [-0.2, -0.15) is 0 Å². The number of rotatable bonds is 7. The normalized spacial score (nSPS) is 13.7. The smallest absolute Gasteiger partial charge is 0.261 e. The summed E-state index contributed by atoms with van der Waals surface area (Å²) in [6.45, 7) is 6.09. The molecule has 0 aliphatic carbocycles. The van der Waals surface area contributed by atoms with Crippen LogP contribution in [0, 0.1) is 0 Å². The fourth-order valence-corrected chi connectivity index (χ4v) is 1.83. The van der Waals surface area contributed by atoms with Crippen LogP contribution in [0.1, 0.15) is 40.0 Å². The molecule has 3 heteroatoms. The molecule has 0 heterocycles. The molecule has 0 spiro atoms. The van der Waals surface area contributed by atoms with E-state index in [0.717, 1.165) is 18.6 Å². The fourth-order valence-electron chi connectivity index (χ4n) is 1.83. The van der Waals surface area contributed by atoms with Crippen LogP contribution in [-0.2, 0) is 4.79 Å². The number of para-hydroxylation sites is 1. The van der Waals surface area contributed by atoms with Crippen LogP contribution in [0.4, 0.5) is 0 Å². The molecule has 0 saturated carbocycles. The predicted octanol–water partition coefficient (Wildman–Crippen LogP) is 3.15. The molecular formula is C15H23NO2. The van der Waals surface area contributed by atoms with Gasteiger partial charge >= 0.3 is 0 Å². The van der Waals surface area contributed by atoms with Crippen LogP contribution in [0.15, 0.2) is 30.3 Å². The lowest BCUT2D eigenvalue weighted by Crippen LogP contribution is -2.42. The number of hydrogen-bond donors (Lipinski definition) is 1. The first kappa shape index (κ1) is 14.6. The van der Waals surface area contributed by atoms with Crippen LogP contribution in [-0.4, -0.2) is 18.1 Å². The van der Waals surface area contributed by atoms with Crippen LogP contribution in [0.3, 0.4) is 0 Å². The molecule has 1 rings (SSSR count). The number of amides is 1. The maximum atomic E-state index is 12.0. The summed E-state index contributed by atoms with van der Waals surface area (Å²) < 4.78 is 5.69. The number of ether oxygens (including phenoxy) is 1. The Morgan fingerprint density at radius 3 is 2.50 bits per heavy atom. The maximum absolute atomic E-state index is 12.0. The van der Waals surface area contributed by atoms with E-state index in [0.29, 0.717) is 6.42 Å². The summed E-state index contributed by atoms with van der Waals surface area (Å²) in [5.41, 5.74) is 0. The van der Waals surface area contributed by atoms with E-state index < -0.39 is 6.10 Å². The van der Waals surface area contributed by atoms with Gasteiger partial charge in [0.2, 0.25) is 0 Å². The topological polar surface area (TPSA) is 38.3 Å². The minimum absolute atomic E-state index is 0.0256. The standard InChI is InChI=1S/C15H23NO2/c1-4-9-12(3)16-15(17)14(5-2)18-13-10-7-6-8-11-13/h6-8,10-12,14H,4-5,9H2,1-3H3,(H,16,17)/t12-,14-/m1/s1. The van der Waals surface area contributed by atoms with Crippen molar-refractivity contribution in [1.29, 1.82) is 0 Å². The first-order valence-electron chi connectivity index (χ1n) is 6.69. The molecule has 0 aromatic heterocycles. The minimum Gasteiger partial charge on any atom is -0.481 e. The average molecular weight is 249 g/mol. The van der Waals surface area contributed by atoms with Gasteiger partial charge < -0.3 is 10.1 Å². The molecule has 0 bridgehead atoms. The first-order valence-corrected chi connectivity index (χ1v) is 6.69. The van der Waals surface area contributed by atoms with Gasteiger partial charge in [-0.3, -0.25) is 4.79 Å². The maximum Gasteiger partial charge on any atom is 0.261 e. The Bertz CT molecular complexity index is 351. The predicted molar refractivity (Wildman–Crippen MR) is 73.7 cm³/mol. The van der Waals surface area contributed by atoms with E-state index in [-0.39, 0.29) is 11.9 Å². The van der Waals surface area contributed by atoms with E-state index in [2.05, 4.69) is 12.2 Å². The fraction of sp³-hybridized carbons (Fsp3) is 0.533. The summed E-state index contributed by atoms with van der Waals surface area (Å²) in [6, 6.07) is 9.67. The van der Waals surface area contributed by atoms with Crippen molar-refractivity contribution in [3.8, 4) is 5.75 Å². The molecular weight excluding hydrogens is 226 g/mol. The van der Waals surface area contributed by atoms with E-state index >= 15 is 0 Å². The third kappa shape index (κ3) is 4.78. The van der Waals surface area contributed by atoms with Crippen molar-refractivity contribution in [2.75, 3.05) is 0 Å². The lowest BCUT2D eigenvalue weighted by Gasteiger charge is -2.20. The molecule has 1 amide bonds. The Morgan fingerprint density at radius 1 is 1.28 bits per heavy atom. The minimum atomic E-state index is -0.410. The second kappa shape index (κ2) is 7.75. The van der Waals surface area contributed by atoms with Gasteiger partial charge in [0.25, 0.3) is 5.91 Å². The summed E-state index contributed by atoms with van der Waals surface area (Å²) in [4.78, 5) is 12.0. The van der Waals surface area contributed by atoms with Crippen LogP contribution in [0.2, 0.25) is 0 Å². The zero-order valence-electron chi connectivity index (χ0n) is 11.5. The Kier molecular flexibility index (Phi) is 6.26. The zero-order chi connectivity index (χ0) is 13.4. The number of carbonyl (C=O) groups is 1. The summed E-state index contributed by atoms with van der Waals surface area (Å²) in [5, 5.41) is 2.99. The van der Waals surface area contributed by atoms with Crippen molar-refractivity contribution in [3.05, 3.63) is 30.3 Å². The van der Waals surface area contributed by atoms with Crippen molar-refractivity contribution >= 4 is 5.91 Å². The number of benzene rings is 1. The number of hydrogen-bond acceptors (Lipinski definition) is 2. The molecule has 0 aliphatic rings. The second-order valence-corrected chi connectivity index (χ2v) is 4.53. The van der Waals surface area contributed by atoms with Crippen molar-refractivity contribution in [2.45, 2.75) is 52.2 Å². The zero-order valence-corrected chi connectivity index (χ0v) is 11.5. The highest BCUT2D eigenvalue weighted by Crippen LogP contribution is 2.12. The van der Waals surface area contributed by atoms with Crippen molar-refractivity contribution in [3.63, 3.8) is 0 Å². The highest BCUT2D eigenvalue weighted by atomic mass is 16.5. The van der Waals surface area contributed by atoms with Gasteiger partial charge in [0, 0.05) is 6.04 Å². The lowest BCUT2D eigenvalue weighted by molar-refractivity contribution is -0.128. The van der Waals surface area contributed by atoms with Crippen LogP contribution >= 0.6 is 0 Å². The highest BCUT2D eigenvalue weighted by Gasteiger charge is 2.19. The Balaban J connectivity index is 2.52. The van der Waals surface area contributed by atoms with Gasteiger partial charge in [0.15, 0.2) is 6.10 Å². The quantitative estimate of drug-likeness (QED) is 0.806. The molecule has 1 aromatic carbocycles. The van der Waals surface area contributed by atoms with Crippen LogP contribution in [0.25, 0.3) is 0 Å². The number of nitrogens with one attached hydrogen (secondary N) is 1. The second-order valence-electron chi connectivity index (χ2n) is 4.53. The summed E-state index contributed by atoms with van der Waals surface area (Å²) in [6.07, 6.45) is 2.32. The molecule has 0 aliphatic heterocycles. The van der Waals surface area contributed by atoms with Gasteiger partial charge in [-0.15, -0.1) is 0 Å². The Labute approximate surface area is 110 Å². The van der Waals surface area contributed by atoms with Crippen molar-refractivity contribution < 1.29 is 9.53 Å². The molecule has 0 radical (unpaired) electrons. The summed E-state index contributed by atoms with van der Waals surface area (Å²) >= 11 is 0. The van der Waals surface area contributed by atoms with Crippen molar-refractivity contribution in [2.24, 2.45) is 0 Å². The molecule has 100 valence electrons. The van der Waals surface area contributed by atoms with Crippen LogP contribution < -0.4 is 10.1 Å². The molecule has 2 atom stereocenters. The van der Waals surface area contributed by atoms with E-state index in [9.17, 15) is 4.79 Å². The molecule has 0 fully saturated rings. The third-order valence-corrected chi connectivity index (χ3v) is 2.80. The van der Waals surface area contributed by atoms with Gasteiger partial charge in [-0.05, 0) is 31.9 Å². The molecule has 0 unspecified atom stereocenters. The van der Waals surface area contributed by atoms with Gasteiger partial charge in [0.1, 0.15) is 5.75 Å². The van der Waals surface area contributed by atoms with Gasteiger partial charge in [-0.25, -0.2) is 0 Å². The first-order chi connectivity index (χ1) is 8.67. The largest absolute Gasteiger partial charge is 0.481 e. The summed E-state index contributed by atoms with van der Waals surface area (Å²) in [5.74, 6) is 0.713. The van der Waals surface area contributed by atoms with E-state index in [1.54, 1.807) is 0 Å². The Hall–Kier alpha value is -1.51. The lowest BCUT2D eigenvalue weighted by atomic mass is 10.1. The third-order valence-electron chi connectivity index (χ3n) is 2.80. The molecule has 3 nitrogen and oxygen atoms in total. The van der Waals surface area contributed by atoms with Gasteiger partial charge in [-0.1, -0.05) is 38.5 Å². The molecule has 0 saturated heterocycles. The van der Waals surface area contributed by atoms with E-state index in [1.807, 2.05) is 44.2 Å². The molecule has 1 N–H and O–H groups in total. The van der Waals surface area contributed by atoms with Gasteiger partial charge in [0.05, 0.1) is 0 Å². The van der Waals surface area contributed by atoms with E-state index in [4.69, 9.17) is 4.74 Å². The monoisotopic (exact) mass is 249 g/mol. The molecule has 18 heavy (non-hydrogen) atoms.